The molecule has 19 heavy (non-hydrogen) atoms. The summed E-state index contributed by atoms with van der Waals surface area (Å²) in [5.41, 5.74) is 0. The van der Waals surface area contributed by atoms with Gasteiger partial charge in [-0.2, -0.15) is 0 Å². The molecule has 0 amide bonds. The summed E-state index contributed by atoms with van der Waals surface area (Å²) in [5, 5.41) is 1.81. The van der Waals surface area contributed by atoms with Gasteiger partial charge in [-0.3, -0.25) is 0 Å². The van der Waals surface area contributed by atoms with Crippen LogP contribution in [0, 0.1) is 0 Å². The van der Waals surface area contributed by atoms with Crippen LogP contribution in [-0.2, 0) is 16.3 Å². The Bertz CT molecular complexity index is 619. The maximum Gasteiger partial charge on any atom is 0.268 e. The van der Waals surface area contributed by atoms with Crippen molar-refractivity contribution in [2.45, 2.75) is 0 Å². The highest BCUT2D eigenvalue weighted by Gasteiger charge is 2.23. The zero-order valence-electron chi connectivity index (χ0n) is 10.0. The average Bonchev–Trinajstić information content (AvgIpc) is 2.44. The highest BCUT2D eigenvalue weighted by Crippen LogP contribution is 2.48. The number of hydrogen-bond donors (Lipinski definition) is 0. The van der Waals surface area contributed by atoms with E-state index in [2.05, 4.69) is 0 Å². The van der Waals surface area contributed by atoms with E-state index in [1.165, 1.54) is 7.11 Å². The van der Waals surface area contributed by atoms with Gasteiger partial charge in [0.25, 0.3) is 6.49 Å². The van der Waals surface area contributed by atoms with Gasteiger partial charge in [0, 0.05) is 23.5 Å². The van der Waals surface area contributed by atoms with Crippen LogP contribution >= 0.6 is 29.7 Å². The fourth-order valence-electron chi connectivity index (χ4n) is 1.48. The van der Waals surface area contributed by atoms with E-state index in [0.29, 0.717) is 15.8 Å². The van der Waals surface area contributed by atoms with E-state index in [0.717, 1.165) is 5.30 Å². The molecule has 0 aliphatic heterocycles. The Morgan fingerprint density at radius 2 is 1.74 bits per heavy atom. The van der Waals surface area contributed by atoms with Gasteiger partial charge in [-0.05, 0) is 36.1 Å². The van der Waals surface area contributed by atoms with Crippen LogP contribution in [0.3, 0.4) is 0 Å². The van der Waals surface area contributed by atoms with Gasteiger partial charge in [-0.25, -0.2) is 0 Å². The minimum atomic E-state index is -2.63. The number of halogens is 2. The lowest BCUT2D eigenvalue weighted by atomic mass is 10.3. The minimum Gasteiger partial charge on any atom is -0.439 e. The molecule has 0 saturated heterocycles. The second kappa shape index (κ2) is 6.25. The maximum absolute atomic E-state index is 6.08. The van der Waals surface area contributed by atoms with E-state index in [4.69, 9.17) is 44.1 Å². The molecule has 1 unspecified atom stereocenters. The smallest absolute Gasteiger partial charge is 0.268 e. The van der Waals surface area contributed by atoms with E-state index in [9.17, 15) is 0 Å². The summed E-state index contributed by atoms with van der Waals surface area (Å²) >= 11 is 17.5. The van der Waals surface area contributed by atoms with Crippen molar-refractivity contribution in [3.8, 4) is 5.75 Å². The van der Waals surface area contributed by atoms with Crippen molar-refractivity contribution in [1.29, 1.82) is 0 Å². The summed E-state index contributed by atoms with van der Waals surface area (Å²) in [6, 6.07) is 14.4. The number of hydrogen-bond acceptors (Lipinski definition) is 3. The zero-order valence-corrected chi connectivity index (χ0v) is 13.3. The molecule has 0 spiro atoms. The summed E-state index contributed by atoms with van der Waals surface area (Å²) in [6.45, 7) is -2.63. The number of benzene rings is 2. The monoisotopic (exact) mass is 332 g/mol. The molecule has 0 aliphatic carbocycles. The predicted octanol–water partition coefficient (Wildman–Crippen LogP) is 4.65. The van der Waals surface area contributed by atoms with E-state index < -0.39 is 6.49 Å². The van der Waals surface area contributed by atoms with Crippen molar-refractivity contribution < 1.29 is 9.05 Å². The average molecular weight is 333 g/mol. The molecule has 0 heterocycles. The third-order valence-electron chi connectivity index (χ3n) is 2.42. The van der Waals surface area contributed by atoms with Gasteiger partial charge in [0.15, 0.2) is 0 Å². The third kappa shape index (κ3) is 3.50. The molecule has 0 saturated carbocycles. The third-order valence-corrected chi connectivity index (χ3v) is 6.12. The second-order valence-electron chi connectivity index (χ2n) is 3.68. The van der Waals surface area contributed by atoms with Crippen molar-refractivity contribution in [1.82, 2.24) is 0 Å². The van der Waals surface area contributed by atoms with Gasteiger partial charge in [0.1, 0.15) is 5.75 Å². The molecule has 2 aromatic carbocycles. The van der Waals surface area contributed by atoms with Crippen molar-refractivity contribution >= 4 is 46.8 Å². The normalized spacial score (nSPS) is 13.8. The molecule has 0 N–H and O–H groups in total. The SMILES string of the molecule is COP(=S)(Oc1cc(Cl)ccc1Cl)c1ccccc1. The van der Waals surface area contributed by atoms with Crippen LogP contribution < -0.4 is 9.83 Å². The van der Waals surface area contributed by atoms with Crippen LogP contribution in [0.2, 0.25) is 10.0 Å². The molecule has 0 radical (unpaired) electrons. The van der Waals surface area contributed by atoms with Gasteiger partial charge in [-0.15, -0.1) is 0 Å². The van der Waals surface area contributed by atoms with Gasteiger partial charge in [0.05, 0.1) is 5.02 Å². The first-order valence-electron chi connectivity index (χ1n) is 5.41. The van der Waals surface area contributed by atoms with Crippen LogP contribution in [-0.4, -0.2) is 7.11 Å². The maximum atomic E-state index is 6.08. The molecule has 0 aromatic heterocycles. The van der Waals surface area contributed by atoms with Crippen molar-refractivity contribution in [3.05, 3.63) is 58.6 Å². The molecule has 2 aromatic rings. The van der Waals surface area contributed by atoms with Crippen LogP contribution in [0.1, 0.15) is 0 Å². The lowest BCUT2D eigenvalue weighted by molar-refractivity contribution is 0.402. The standard InChI is InChI=1S/C13H11Cl2O2PS/c1-16-18(19,11-5-3-2-4-6-11)17-13-9-10(14)7-8-12(13)15/h2-9H,1H3. The fourth-order valence-corrected chi connectivity index (χ4v) is 3.80. The van der Waals surface area contributed by atoms with E-state index >= 15 is 0 Å². The molecule has 6 heteroatoms. The van der Waals surface area contributed by atoms with Crippen molar-refractivity contribution in [3.63, 3.8) is 0 Å². The Balaban J connectivity index is 2.39. The van der Waals surface area contributed by atoms with Crippen molar-refractivity contribution in [2.24, 2.45) is 0 Å². The first kappa shape index (κ1) is 14.8. The summed E-state index contributed by atoms with van der Waals surface area (Å²) < 4.78 is 11.3. The first-order chi connectivity index (χ1) is 9.05. The minimum absolute atomic E-state index is 0.434. The van der Waals surface area contributed by atoms with E-state index in [-0.39, 0.29) is 0 Å². The van der Waals surface area contributed by atoms with Gasteiger partial charge < -0.3 is 9.05 Å². The first-order valence-corrected chi connectivity index (χ1v) is 8.80. The Morgan fingerprint density at radius 1 is 1.05 bits per heavy atom. The van der Waals surface area contributed by atoms with Gasteiger partial charge in [-0.1, -0.05) is 41.4 Å². The molecule has 0 aliphatic rings. The molecular weight excluding hydrogens is 322 g/mol. The number of rotatable bonds is 4. The Hall–Kier alpha value is -0.570. The Kier molecular flexibility index (Phi) is 4.88. The fraction of sp³-hybridized carbons (Fsp3) is 0.0769. The lowest BCUT2D eigenvalue weighted by Crippen LogP contribution is -2.10. The van der Waals surface area contributed by atoms with Crippen LogP contribution in [0.15, 0.2) is 48.5 Å². The van der Waals surface area contributed by atoms with E-state index in [1.807, 2.05) is 30.3 Å². The van der Waals surface area contributed by atoms with Crippen LogP contribution in [0.4, 0.5) is 0 Å². The lowest BCUT2D eigenvalue weighted by Gasteiger charge is -2.22. The molecule has 2 rings (SSSR count). The Morgan fingerprint density at radius 3 is 2.37 bits per heavy atom. The molecule has 1 atom stereocenters. The summed E-state index contributed by atoms with van der Waals surface area (Å²) in [4.78, 5) is 0. The summed E-state index contributed by atoms with van der Waals surface area (Å²) in [5.74, 6) is 0.434. The molecular formula is C13H11Cl2O2PS. The summed E-state index contributed by atoms with van der Waals surface area (Å²) in [6.07, 6.45) is 0. The molecule has 100 valence electrons. The van der Waals surface area contributed by atoms with Gasteiger partial charge >= 0.3 is 0 Å². The quantitative estimate of drug-likeness (QED) is 0.759. The second-order valence-corrected chi connectivity index (χ2v) is 8.03. The molecule has 2 nitrogen and oxygen atoms in total. The molecule has 0 bridgehead atoms. The van der Waals surface area contributed by atoms with Crippen molar-refractivity contribution in [2.75, 3.05) is 7.11 Å². The molecule has 0 fully saturated rings. The Labute approximate surface area is 127 Å². The largest absolute Gasteiger partial charge is 0.439 e. The van der Waals surface area contributed by atoms with Crippen LogP contribution in [0.25, 0.3) is 0 Å². The predicted molar refractivity (Wildman–Crippen MR) is 84.5 cm³/mol. The van der Waals surface area contributed by atoms with Gasteiger partial charge in [0.2, 0.25) is 0 Å². The topological polar surface area (TPSA) is 18.5 Å². The highest BCUT2D eigenvalue weighted by atomic mass is 35.5. The zero-order chi connectivity index (χ0) is 13.9. The summed E-state index contributed by atoms with van der Waals surface area (Å²) in [7, 11) is 1.53. The van der Waals surface area contributed by atoms with Crippen LogP contribution in [0.5, 0.6) is 5.75 Å². The van der Waals surface area contributed by atoms with E-state index in [1.54, 1.807) is 18.2 Å². The highest BCUT2D eigenvalue weighted by molar-refractivity contribution is 8.13.